The van der Waals surface area contributed by atoms with Crippen molar-refractivity contribution in [3.63, 3.8) is 0 Å². The Bertz CT molecular complexity index is 2380. The topological polar surface area (TPSA) is 0 Å². The zero-order chi connectivity index (χ0) is 37.2. The van der Waals surface area contributed by atoms with Crippen molar-refractivity contribution >= 4 is 46.7 Å². The van der Waals surface area contributed by atoms with Gasteiger partial charge in [-0.2, -0.15) is 0 Å². The molecule has 0 aliphatic heterocycles. The number of halogens is 4. The molecule has 0 heterocycles. The average Bonchev–Trinajstić information content (AvgIpc) is 3.73. The van der Waals surface area contributed by atoms with E-state index in [1.54, 1.807) is 12.1 Å². The van der Waals surface area contributed by atoms with Gasteiger partial charge in [-0.15, -0.1) is 24.8 Å². The SMILES string of the molecule is Cl.Cl.[CH2]=[Zr]([C]1=CC(C(C)(C)C)=CC1)([c]1cccc(F)c1)([c]1cccc(F)c1)[CH]1C=C(C)c2cc3c(cc2C1(C)C)Cc1cc2c(cc1-3)C(C)=CCC2(C)C. The van der Waals surface area contributed by atoms with Gasteiger partial charge in [-0.25, -0.2) is 0 Å². The predicted molar refractivity (Wildman–Crippen MR) is 230 cm³/mol. The van der Waals surface area contributed by atoms with Crippen LogP contribution in [0.15, 0.2) is 106 Å². The van der Waals surface area contributed by atoms with Crippen LogP contribution in [-0.4, -0.2) is 4.21 Å². The molecule has 0 amide bonds. The van der Waals surface area contributed by atoms with Gasteiger partial charge in [0.05, 0.1) is 0 Å². The fraction of sp³-hybridized carbons (Fsp3) is 0.327. The van der Waals surface area contributed by atoms with E-state index in [1.807, 2.05) is 12.1 Å². The Hall–Kier alpha value is -2.97. The van der Waals surface area contributed by atoms with Crippen molar-refractivity contribution in [2.24, 2.45) is 5.41 Å². The van der Waals surface area contributed by atoms with Crippen LogP contribution >= 0.6 is 24.8 Å². The van der Waals surface area contributed by atoms with E-state index in [9.17, 15) is 0 Å². The maximum atomic E-state index is 15.6. The van der Waals surface area contributed by atoms with Crippen LogP contribution in [0.25, 0.3) is 22.3 Å². The van der Waals surface area contributed by atoms with Crippen molar-refractivity contribution in [3.8, 4) is 11.1 Å². The van der Waals surface area contributed by atoms with Crippen molar-refractivity contribution in [2.75, 3.05) is 0 Å². The van der Waals surface area contributed by atoms with E-state index in [1.165, 1.54) is 76.6 Å². The third-order valence-corrected chi connectivity index (χ3v) is 31.7. The minimum absolute atomic E-state index is 0. The molecule has 1 atom stereocenters. The summed E-state index contributed by atoms with van der Waals surface area (Å²) in [4.78, 5) is 0. The van der Waals surface area contributed by atoms with Gasteiger partial charge in [0, 0.05) is 0 Å². The Kier molecular flexibility index (Phi) is 10.0. The normalized spacial score (nSPS) is 19.4. The molecule has 0 fully saturated rings. The molecule has 282 valence electrons. The zero-order valence-corrected chi connectivity index (χ0v) is 37.3. The van der Waals surface area contributed by atoms with Crippen molar-refractivity contribution in [1.29, 1.82) is 0 Å². The van der Waals surface area contributed by atoms with Crippen LogP contribution in [0.5, 0.6) is 0 Å². The Morgan fingerprint density at radius 2 is 1.24 bits per heavy atom. The van der Waals surface area contributed by atoms with Crippen molar-refractivity contribution in [2.45, 2.75) is 96.0 Å². The predicted octanol–water partition coefficient (Wildman–Crippen LogP) is 13.0. The average molecular weight is 843 g/mol. The first kappa shape index (κ1) is 40.7. The van der Waals surface area contributed by atoms with Gasteiger partial charge in [-0.3, -0.25) is 0 Å². The summed E-state index contributed by atoms with van der Waals surface area (Å²) in [6.45, 7) is 20.7. The van der Waals surface area contributed by atoms with E-state index in [0.717, 1.165) is 25.8 Å². The van der Waals surface area contributed by atoms with Gasteiger partial charge in [0.2, 0.25) is 0 Å². The Balaban J connectivity index is 0.00000249. The molecule has 8 rings (SSSR count). The fourth-order valence-corrected chi connectivity index (χ4v) is 29.0. The van der Waals surface area contributed by atoms with E-state index in [0.29, 0.717) is 0 Å². The number of rotatable bonds is 4. The molecule has 4 aromatic carbocycles. The number of allylic oxidation sites excluding steroid dienone is 8. The Morgan fingerprint density at radius 1 is 0.704 bits per heavy atom. The Morgan fingerprint density at radius 3 is 1.76 bits per heavy atom. The molecule has 0 spiro atoms. The number of hydrogen-bond acceptors (Lipinski definition) is 0. The number of hydrogen-bond donors (Lipinski definition) is 0. The molecule has 5 heteroatoms. The summed E-state index contributed by atoms with van der Waals surface area (Å²) >= 11 is -5.31. The first-order valence-electron chi connectivity index (χ1n) is 19.0. The van der Waals surface area contributed by atoms with Gasteiger partial charge in [0.1, 0.15) is 0 Å². The van der Waals surface area contributed by atoms with Gasteiger partial charge in [-0.05, 0) is 0 Å². The van der Waals surface area contributed by atoms with Crippen LogP contribution in [-0.2, 0) is 35.5 Å². The Labute approximate surface area is 335 Å². The molecule has 0 saturated heterocycles. The van der Waals surface area contributed by atoms with Gasteiger partial charge in [-0.1, -0.05) is 0 Å². The molecule has 0 bridgehead atoms. The van der Waals surface area contributed by atoms with Gasteiger partial charge < -0.3 is 0 Å². The summed E-state index contributed by atoms with van der Waals surface area (Å²) in [5, 5.41) is 0. The summed E-state index contributed by atoms with van der Waals surface area (Å²) in [6.07, 6.45) is 12.3. The quantitative estimate of drug-likeness (QED) is 0.169. The second kappa shape index (κ2) is 13.3. The molecule has 0 saturated carbocycles. The van der Waals surface area contributed by atoms with Crippen LogP contribution < -0.4 is 6.54 Å². The first-order chi connectivity index (χ1) is 24.3. The van der Waals surface area contributed by atoms with E-state index in [-0.39, 0.29) is 50.9 Å². The van der Waals surface area contributed by atoms with Crippen molar-refractivity contribution in [1.82, 2.24) is 0 Å². The fourth-order valence-electron chi connectivity index (χ4n) is 10.6. The van der Waals surface area contributed by atoms with Crippen LogP contribution in [0, 0.1) is 17.0 Å². The van der Waals surface area contributed by atoms with Crippen molar-refractivity contribution < 1.29 is 27.1 Å². The molecule has 4 aliphatic rings. The molecule has 0 nitrogen and oxygen atoms in total. The second-order valence-electron chi connectivity index (χ2n) is 18.7. The van der Waals surface area contributed by atoms with Crippen LogP contribution in [0.3, 0.4) is 0 Å². The van der Waals surface area contributed by atoms with E-state index >= 15 is 8.78 Å². The summed E-state index contributed by atoms with van der Waals surface area (Å²) in [5.74, 6) is -0.552. The maximum absolute atomic E-state index is 15.6. The van der Waals surface area contributed by atoms with Crippen LogP contribution in [0.4, 0.5) is 8.78 Å². The number of benzene rings is 4. The minimum atomic E-state index is -5.31. The van der Waals surface area contributed by atoms with E-state index in [2.05, 4.69) is 123 Å². The van der Waals surface area contributed by atoms with E-state index < -0.39 is 23.7 Å². The molecular weight excluding hydrogens is 789 g/mol. The summed E-state index contributed by atoms with van der Waals surface area (Å²) in [5.41, 5.74) is 14.4. The second-order valence-corrected chi connectivity index (χ2v) is 32.2. The molecule has 4 aromatic rings. The van der Waals surface area contributed by atoms with Crippen LogP contribution in [0.1, 0.15) is 109 Å². The standard InChI is InChI=1S/C27H29.C9H13.2C6H4F.CH2.2ClH.Zr/c1-16-7-9-26(3,4)24-12-18-11-19-13-25-21(17(2)8-10-27(25,5)6)15-23(19)22(18)14-20(16)24;1-9(2,3)8-6-4-5-7-8;2*7-6-4-2-1-3-5-6;;;;/h7-9,12-15H,10-11H2,1-6H3;6-7H,4H2,1-3H3;2*1-2,4-5H;1H2;2*1H;. The van der Waals surface area contributed by atoms with Gasteiger partial charge in [0.15, 0.2) is 0 Å². The monoisotopic (exact) mass is 840 g/mol. The van der Waals surface area contributed by atoms with Gasteiger partial charge in [0.25, 0.3) is 0 Å². The molecule has 0 radical (unpaired) electrons. The summed E-state index contributed by atoms with van der Waals surface area (Å²) in [7, 11) is 0. The zero-order valence-electron chi connectivity index (χ0n) is 33.2. The third kappa shape index (κ3) is 5.77. The summed E-state index contributed by atoms with van der Waals surface area (Å²) in [6, 6.07) is 24.2. The summed E-state index contributed by atoms with van der Waals surface area (Å²) < 4.78 is 39.9. The van der Waals surface area contributed by atoms with Crippen molar-refractivity contribution in [3.05, 3.63) is 151 Å². The van der Waals surface area contributed by atoms with Crippen LogP contribution in [0.2, 0.25) is 3.63 Å². The first-order valence-corrected chi connectivity index (χ1v) is 25.9. The molecule has 1 unspecified atom stereocenters. The number of fused-ring (bicyclic) bond motifs is 5. The molecule has 0 aromatic heterocycles. The molecule has 54 heavy (non-hydrogen) atoms. The molecule has 0 N–H and O–H groups in total. The molecule has 4 aliphatic carbocycles. The van der Waals surface area contributed by atoms with E-state index in [4.69, 9.17) is 4.21 Å². The third-order valence-electron chi connectivity index (χ3n) is 13.7. The molecular formula is C49H54Cl2F2Zr. The van der Waals surface area contributed by atoms with Gasteiger partial charge >= 0.3 is 313 Å².